The van der Waals surface area contributed by atoms with Crippen molar-refractivity contribution >= 4 is 35.2 Å². The number of likely N-dealkylation sites (N-methyl/N-ethyl adjacent to an activating group) is 1. The van der Waals surface area contributed by atoms with Gasteiger partial charge in [-0.1, -0.05) is 61.0 Å². The van der Waals surface area contributed by atoms with Gasteiger partial charge in [-0.2, -0.15) is 0 Å². The average molecular weight is 490 g/mol. The van der Waals surface area contributed by atoms with Gasteiger partial charge in [-0.15, -0.1) is 0 Å². The van der Waals surface area contributed by atoms with Crippen molar-refractivity contribution in [3.05, 3.63) is 100 Å². The average Bonchev–Trinajstić information content (AvgIpc) is 2.85. The van der Waals surface area contributed by atoms with Gasteiger partial charge in [0.2, 0.25) is 0 Å². The van der Waals surface area contributed by atoms with E-state index in [9.17, 15) is 9.59 Å². The van der Waals surface area contributed by atoms with E-state index < -0.39 is 0 Å². The maximum absolute atomic E-state index is 12.9. The van der Waals surface area contributed by atoms with Crippen LogP contribution in [0, 0.1) is 0 Å². The van der Waals surface area contributed by atoms with Gasteiger partial charge in [0.05, 0.1) is 5.69 Å². The van der Waals surface area contributed by atoms with E-state index in [1.54, 1.807) is 48.5 Å². The molecule has 7 heteroatoms. The van der Waals surface area contributed by atoms with Gasteiger partial charge < -0.3 is 20.3 Å². The minimum absolute atomic E-state index is 0.00741. The Morgan fingerprint density at radius 3 is 2.57 bits per heavy atom. The van der Waals surface area contributed by atoms with Crippen molar-refractivity contribution in [2.24, 2.45) is 0 Å². The minimum Gasteiger partial charge on any atom is -0.449 e. The maximum atomic E-state index is 12.9. The fourth-order valence-electron chi connectivity index (χ4n) is 3.89. The normalized spacial score (nSPS) is 14.7. The molecule has 2 N–H and O–H groups in total. The van der Waals surface area contributed by atoms with Crippen molar-refractivity contribution in [3.63, 3.8) is 0 Å². The van der Waals surface area contributed by atoms with Gasteiger partial charge in [-0.05, 0) is 61.0 Å². The molecule has 0 radical (unpaired) electrons. The van der Waals surface area contributed by atoms with Gasteiger partial charge in [0.1, 0.15) is 0 Å². The van der Waals surface area contributed by atoms with Crippen LogP contribution in [0.25, 0.3) is 6.08 Å². The van der Waals surface area contributed by atoms with E-state index in [2.05, 4.69) is 34.6 Å². The molecule has 1 atom stereocenters. The molecule has 1 unspecified atom stereocenters. The second-order valence-corrected chi connectivity index (χ2v) is 9.02. The van der Waals surface area contributed by atoms with Crippen LogP contribution in [0.15, 0.2) is 78.6 Å². The van der Waals surface area contributed by atoms with E-state index in [1.807, 2.05) is 25.2 Å². The minimum atomic E-state index is -0.376. The predicted molar refractivity (Wildman–Crippen MR) is 139 cm³/mol. The molecule has 3 aromatic carbocycles. The summed E-state index contributed by atoms with van der Waals surface area (Å²) in [5.41, 5.74) is 2.94. The number of hydrogen-bond acceptors (Lipinski definition) is 4. The largest absolute Gasteiger partial charge is 0.449 e. The summed E-state index contributed by atoms with van der Waals surface area (Å²) in [6, 6.07) is 22.4. The van der Waals surface area contributed by atoms with E-state index >= 15 is 0 Å². The number of anilines is 1. The smallest absolute Gasteiger partial charge is 0.291 e. The number of carbonyl (C=O) groups excluding carboxylic acids is 2. The van der Waals surface area contributed by atoms with Crippen molar-refractivity contribution < 1.29 is 14.3 Å². The van der Waals surface area contributed by atoms with Gasteiger partial charge >= 0.3 is 0 Å². The van der Waals surface area contributed by atoms with E-state index in [1.165, 1.54) is 5.56 Å². The molecule has 1 aliphatic rings. The molecular weight excluding hydrogens is 462 g/mol. The number of hydrogen-bond donors (Lipinski definition) is 2. The van der Waals surface area contributed by atoms with Gasteiger partial charge in [0.15, 0.2) is 11.5 Å². The highest BCUT2D eigenvalue weighted by Gasteiger charge is 2.24. The standard InChI is InChI=1S/C28H28ClN3O3/c1-3-23(18-32(2)17-20-7-5-4-6-8-20)30-27(33)21-11-14-25-24(16-21)31-28(34)26(35-25)15-19-9-12-22(29)13-10-19/h4-16,23H,3,17-18H2,1-2H3,(H,30,33)(H,31,34)/b26-15+. The Morgan fingerprint density at radius 1 is 1.11 bits per heavy atom. The summed E-state index contributed by atoms with van der Waals surface area (Å²) in [6.45, 7) is 3.58. The number of nitrogens with zero attached hydrogens (tertiary/aromatic N) is 1. The number of nitrogens with one attached hydrogen (secondary N) is 2. The second-order valence-electron chi connectivity index (χ2n) is 8.59. The number of fused-ring (bicyclic) bond motifs is 1. The van der Waals surface area contributed by atoms with E-state index in [0.717, 1.165) is 25.1 Å². The van der Waals surface area contributed by atoms with Crippen LogP contribution in [0.1, 0.15) is 34.8 Å². The number of carbonyl (C=O) groups is 2. The molecule has 180 valence electrons. The fraction of sp³-hybridized carbons (Fsp3) is 0.214. The number of rotatable bonds is 8. The number of halogens is 1. The van der Waals surface area contributed by atoms with Crippen molar-refractivity contribution in [1.29, 1.82) is 0 Å². The highest BCUT2D eigenvalue weighted by Crippen LogP contribution is 2.32. The van der Waals surface area contributed by atoms with Crippen LogP contribution in [-0.4, -0.2) is 36.3 Å². The molecule has 4 rings (SSSR count). The Morgan fingerprint density at radius 2 is 1.86 bits per heavy atom. The number of ether oxygens (including phenoxy) is 1. The quantitative estimate of drug-likeness (QED) is 0.418. The van der Waals surface area contributed by atoms with Crippen LogP contribution in [0.5, 0.6) is 5.75 Å². The van der Waals surface area contributed by atoms with Crippen molar-refractivity contribution in [1.82, 2.24) is 10.2 Å². The van der Waals surface area contributed by atoms with Crippen LogP contribution < -0.4 is 15.4 Å². The summed E-state index contributed by atoms with van der Waals surface area (Å²) in [5.74, 6) is 0.0871. The number of benzene rings is 3. The summed E-state index contributed by atoms with van der Waals surface area (Å²) in [5, 5.41) is 6.54. The zero-order valence-electron chi connectivity index (χ0n) is 19.8. The Labute approximate surface area is 210 Å². The highest BCUT2D eigenvalue weighted by atomic mass is 35.5. The fourth-order valence-corrected chi connectivity index (χ4v) is 4.02. The topological polar surface area (TPSA) is 70.7 Å². The Balaban J connectivity index is 1.40. The third kappa shape index (κ3) is 6.50. The lowest BCUT2D eigenvalue weighted by molar-refractivity contribution is -0.115. The molecule has 2 amide bonds. The van der Waals surface area contributed by atoms with E-state index in [0.29, 0.717) is 22.0 Å². The van der Waals surface area contributed by atoms with E-state index in [4.69, 9.17) is 16.3 Å². The van der Waals surface area contributed by atoms with Gasteiger partial charge in [-0.25, -0.2) is 0 Å². The lowest BCUT2D eigenvalue weighted by Gasteiger charge is -2.25. The third-order valence-corrected chi connectivity index (χ3v) is 6.01. The van der Waals surface area contributed by atoms with Crippen LogP contribution in [0.4, 0.5) is 5.69 Å². The highest BCUT2D eigenvalue weighted by molar-refractivity contribution is 6.30. The molecule has 0 saturated heterocycles. The summed E-state index contributed by atoms with van der Waals surface area (Å²) >= 11 is 5.92. The Hall–Kier alpha value is -3.61. The second kappa shape index (κ2) is 11.2. The molecule has 0 saturated carbocycles. The van der Waals surface area contributed by atoms with Crippen molar-refractivity contribution in [2.75, 3.05) is 18.9 Å². The van der Waals surface area contributed by atoms with Crippen LogP contribution in [0.3, 0.4) is 0 Å². The van der Waals surface area contributed by atoms with Gasteiger partial charge in [0.25, 0.3) is 11.8 Å². The summed E-state index contributed by atoms with van der Waals surface area (Å²) in [4.78, 5) is 27.7. The molecule has 0 aliphatic carbocycles. The molecule has 0 aromatic heterocycles. The number of amides is 2. The zero-order chi connectivity index (χ0) is 24.8. The molecule has 0 bridgehead atoms. The maximum Gasteiger partial charge on any atom is 0.291 e. The molecular formula is C28H28ClN3O3. The Kier molecular flexibility index (Phi) is 7.85. The van der Waals surface area contributed by atoms with Crippen LogP contribution in [-0.2, 0) is 11.3 Å². The SMILES string of the molecule is CCC(CN(C)Cc1ccccc1)NC(=O)c1ccc2c(c1)NC(=O)/C(=C\c1ccc(Cl)cc1)O2. The summed E-state index contributed by atoms with van der Waals surface area (Å²) in [7, 11) is 2.04. The lowest BCUT2D eigenvalue weighted by Crippen LogP contribution is -2.42. The van der Waals surface area contributed by atoms with Crippen LogP contribution in [0.2, 0.25) is 5.02 Å². The van der Waals surface area contributed by atoms with E-state index in [-0.39, 0.29) is 23.6 Å². The van der Waals surface area contributed by atoms with Gasteiger partial charge in [0, 0.05) is 29.7 Å². The summed E-state index contributed by atoms with van der Waals surface area (Å²) < 4.78 is 5.80. The van der Waals surface area contributed by atoms with Crippen molar-refractivity contribution in [3.8, 4) is 5.75 Å². The molecule has 0 spiro atoms. The first kappa shape index (κ1) is 24.5. The molecule has 1 aliphatic heterocycles. The molecule has 6 nitrogen and oxygen atoms in total. The first-order valence-corrected chi connectivity index (χ1v) is 11.9. The molecule has 35 heavy (non-hydrogen) atoms. The molecule has 3 aromatic rings. The zero-order valence-corrected chi connectivity index (χ0v) is 20.5. The van der Waals surface area contributed by atoms with Crippen LogP contribution >= 0.6 is 11.6 Å². The van der Waals surface area contributed by atoms with Gasteiger partial charge in [-0.3, -0.25) is 9.59 Å². The Bertz CT molecular complexity index is 1230. The molecule has 1 heterocycles. The first-order chi connectivity index (χ1) is 16.9. The lowest BCUT2D eigenvalue weighted by atomic mass is 10.1. The predicted octanol–water partition coefficient (Wildman–Crippen LogP) is 5.35. The first-order valence-electron chi connectivity index (χ1n) is 11.5. The summed E-state index contributed by atoms with van der Waals surface area (Å²) in [6.07, 6.45) is 2.45. The third-order valence-electron chi connectivity index (χ3n) is 5.76. The van der Waals surface area contributed by atoms with Crippen molar-refractivity contribution in [2.45, 2.75) is 25.9 Å². The molecule has 0 fully saturated rings. The monoisotopic (exact) mass is 489 g/mol.